The van der Waals surface area contributed by atoms with Gasteiger partial charge in [0.2, 0.25) is 0 Å². The minimum Gasteiger partial charge on any atom is -0.313 e. The third kappa shape index (κ3) is 3.69. The van der Waals surface area contributed by atoms with Gasteiger partial charge in [-0.15, -0.1) is 0 Å². The van der Waals surface area contributed by atoms with E-state index in [9.17, 15) is 0 Å². The van der Waals surface area contributed by atoms with Crippen LogP contribution < -0.4 is 5.32 Å². The molecule has 1 saturated carbocycles. The van der Waals surface area contributed by atoms with Gasteiger partial charge >= 0.3 is 0 Å². The Balaban J connectivity index is 2.25. The predicted octanol–water partition coefficient (Wildman–Crippen LogP) is 5.46. The molecule has 1 N–H and O–H groups in total. The van der Waals surface area contributed by atoms with E-state index in [0.717, 1.165) is 5.92 Å². The summed E-state index contributed by atoms with van der Waals surface area (Å²) in [6.45, 7) is 11.7. The van der Waals surface area contributed by atoms with Crippen molar-refractivity contribution < 1.29 is 0 Å². The molecule has 1 fully saturated rings. The molecule has 1 aliphatic carbocycles. The quantitative estimate of drug-likeness (QED) is 0.778. The monoisotopic (exact) mass is 287 g/mol. The van der Waals surface area contributed by atoms with Gasteiger partial charge in [-0.1, -0.05) is 71.7 Å². The highest BCUT2D eigenvalue weighted by molar-refractivity contribution is 5.30. The van der Waals surface area contributed by atoms with Crippen LogP contribution in [0.2, 0.25) is 0 Å². The molecule has 1 heteroatoms. The van der Waals surface area contributed by atoms with Gasteiger partial charge in [-0.25, -0.2) is 0 Å². The molecule has 2 rings (SSSR count). The average Bonchev–Trinajstić information content (AvgIpc) is 2.41. The first-order chi connectivity index (χ1) is 9.75. The van der Waals surface area contributed by atoms with Crippen molar-refractivity contribution in [3.8, 4) is 0 Å². The summed E-state index contributed by atoms with van der Waals surface area (Å²) in [5, 5.41) is 3.60. The van der Waals surface area contributed by atoms with E-state index in [1.807, 2.05) is 0 Å². The lowest BCUT2D eigenvalue weighted by Gasteiger charge is -2.43. The first-order valence-electron chi connectivity index (χ1n) is 8.53. The highest BCUT2D eigenvalue weighted by Gasteiger charge is 2.37. The van der Waals surface area contributed by atoms with Crippen LogP contribution in [0.25, 0.3) is 0 Å². The van der Waals surface area contributed by atoms with Crippen molar-refractivity contribution in [1.29, 1.82) is 0 Å². The summed E-state index contributed by atoms with van der Waals surface area (Å²) in [4.78, 5) is 0. The molecule has 0 aliphatic heterocycles. The first kappa shape index (κ1) is 16.5. The summed E-state index contributed by atoms with van der Waals surface area (Å²) in [5.41, 5.74) is 3.54. The van der Waals surface area contributed by atoms with Crippen molar-refractivity contribution in [2.45, 2.75) is 71.8 Å². The molecular formula is C20H33N. The lowest BCUT2D eigenvalue weighted by atomic mass is 9.64. The van der Waals surface area contributed by atoms with Crippen molar-refractivity contribution in [3.63, 3.8) is 0 Å². The Morgan fingerprint density at radius 1 is 1.10 bits per heavy atom. The van der Waals surface area contributed by atoms with Crippen LogP contribution >= 0.6 is 0 Å². The van der Waals surface area contributed by atoms with Gasteiger partial charge in [-0.05, 0) is 47.8 Å². The largest absolute Gasteiger partial charge is 0.313 e. The van der Waals surface area contributed by atoms with Crippen LogP contribution in [0.3, 0.4) is 0 Å². The number of rotatable bonds is 3. The molecule has 1 nitrogen and oxygen atoms in total. The van der Waals surface area contributed by atoms with Crippen molar-refractivity contribution in [1.82, 2.24) is 5.32 Å². The Morgan fingerprint density at radius 2 is 1.71 bits per heavy atom. The van der Waals surface area contributed by atoms with E-state index in [0.29, 0.717) is 11.5 Å². The molecule has 21 heavy (non-hydrogen) atoms. The zero-order valence-corrected chi connectivity index (χ0v) is 14.8. The molecule has 0 heterocycles. The number of nitrogens with one attached hydrogen (secondary N) is 1. The van der Waals surface area contributed by atoms with Crippen LogP contribution in [0.4, 0.5) is 0 Å². The minimum atomic E-state index is 0.234. The molecule has 118 valence electrons. The van der Waals surface area contributed by atoms with Gasteiger partial charge in [-0.3, -0.25) is 0 Å². The predicted molar refractivity (Wildman–Crippen MR) is 92.7 cm³/mol. The van der Waals surface area contributed by atoms with E-state index in [1.165, 1.54) is 36.8 Å². The number of hydrogen-bond acceptors (Lipinski definition) is 1. The Hall–Kier alpha value is -0.820. The second-order valence-electron chi connectivity index (χ2n) is 8.48. The fourth-order valence-corrected chi connectivity index (χ4v) is 3.93. The molecule has 0 saturated heterocycles. The SMILES string of the molecule is CNC(c1ccc(C(C)(C)C)cc1)C1CCCCC1(C)C. The fraction of sp³-hybridized carbons (Fsp3) is 0.700. The lowest BCUT2D eigenvalue weighted by molar-refractivity contribution is 0.101. The molecule has 1 aromatic carbocycles. The molecule has 2 unspecified atom stereocenters. The van der Waals surface area contributed by atoms with Crippen molar-refractivity contribution in [2.24, 2.45) is 11.3 Å². The lowest BCUT2D eigenvalue weighted by Crippen LogP contribution is -2.37. The van der Waals surface area contributed by atoms with E-state index in [1.54, 1.807) is 0 Å². The highest BCUT2D eigenvalue weighted by Crippen LogP contribution is 2.46. The Bertz CT molecular complexity index is 450. The average molecular weight is 287 g/mol. The standard InChI is InChI=1S/C20H33N/c1-19(2,3)16-12-10-15(11-13-16)18(21-6)17-9-7-8-14-20(17,4)5/h10-13,17-18,21H,7-9,14H2,1-6H3. The number of benzene rings is 1. The second-order valence-corrected chi connectivity index (χ2v) is 8.48. The minimum absolute atomic E-state index is 0.234. The highest BCUT2D eigenvalue weighted by atomic mass is 14.9. The van der Waals surface area contributed by atoms with Crippen molar-refractivity contribution >= 4 is 0 Å². The molecule has 0 radical (unpaired) electrons. The van der Waals surface area contributed by atoms with Gasteiger partial charge in [0, 0.05) is 6.04 Å². The third-order valence-electron chi connectivity index (χ3n) is 5.44. The molecule has 0 amide bonds. The maximum Gasteiger partial charge on any atom is 0.0351 e. The van der Waals surface area contributed by atoms with E-state index >= 15 is 0 Å². The van der Waals surface area contributed by atoms with E-state index in [-0.39, 0.29) is 5.41 Å². The third-order valence-corrected chi connectivity index (χ3v) is 5.44. The summed E-state index contributed by atoms with van der Waals surface area (Å²) >= 11 is 0. The second kappa shape index (κ2) is 6.12. The van der Waals surface area contributed by atoms with Crippen LogP contribution in [0.5, 0.6) is 0 Å². The summed E-state index contributed by atoms with van der Waals surface area (Å²) in [5.74, 6) is 0.733. The molecule has 1 aliphatic rings. The smallest absolute Gasteiger partial charge is 0.0351 e. The summed E-state index contributed by atoms with van der Waals surface area (Å²) in [6.07, 6.45) is 5.48. The fourth-order valence-electron chi connectivity index (χ4n) is 3.93. The van der Waals surface area contributed by atoms with Gasteiger partial charge < -0.3 is 5.32 Å². The van der Waals surface area contributed by atoms with Crippen LogP contribution in [0.15, 0.2) is 24.3 Å². The zero-order chi connectivity index (χ0) is 15.7. The molecule has 0 aromatic heterocycles. The van der Waals surface area contributed by atoms with E-state index < -0.39 is 0 Å². The maximum atomic E-state index is 3.60. The van der Waals surface area contributed by atoms with Gasteiger partial charge in [0.15, 0.2) is 0 Å². The van der Waals surface area contributed by atoms with Gasteiger partial charge in [0.05, 0.1) is 0 Å². The molecule has 0 bridgehead atoms. The summed E-state index contributed by atoms with van der Waals surface area (Å²) in [7, 11) is 2.12. The Kier molecular flexibility index (Phi) is 4.82. The molecule has 0 spiro atoms. The van der Waals surface area contributed by atoms with E-state index in [2.05, 4.69) is 71.2 Å². The Labute approximate surface area is 131 Å². The maximum absolute atomic E-state index is 3.60. The first-order valence-corrected chi connectivity index (χ1v) is 8.53. The van der Waals surface area contributed by atoms with Crippen molar-refractivity contribution in [3.05, 3.63) is 35.4 Å². The summed E-state index contributed by atoms with van der Waals surface area (Å²) in [6, 6.07) is 9.79. The zero-order valence-electron chi connectivity index (χ0n) is 14.8. The Morgan fingerprint density at radius 3 is 2.19 bits per heavy atom. The molecular weight excluding hydrogens is 254 g/mol. The van der Waals surface area contributed by atoms with Crippen LogP contribution in [-0.4, -0.2) is 7.05 Å². The molecule has 2 atom stereocenters. The van der Waals surface area contributed by atoms with Crippen LogP contribution in [0.1, 0.15) is 77.5 Å². The summed E-state index contributed by atoms with van der Waals surface area (Å²) < 4.78 is 0. The normalized spacial score (nSPS) is 23.8. The number of hydrogen-bond donors (Lipinski definition) is 1. The van der Waals surface area contributed by atoms with Gasteiger partial charge in [-0.2, -0.15) is 0 Å². The van der Waals surface area contributed by atoms with Gasteiger partial charge in [0.25, 0.3) is 0 Å². The van der Waals surface area contributed by atoms with Crippen LogP contribution in [-0.2, 0) is 5.41 Å². The van der Waals surface area contributed by atoms with E-state index in [4.69, 9.17) is 0 Å². The van der Waals surface area contributed by atoms with Crippen molar-refractivity contribution in [2.75, 3.05) is 7.05 Å². The van der Waals surface area contributed by atoms with Gasteiger partial charge in [0.1, 0.15) is 0 Å². The molecule has 1 aromatic rings. The topological polar surface area (TPSA) is 12.0 Å². The van der Waals surface area contributed by atoms with Crippen LogP contribution in [0, 0.1) is 11.3 Å².